The van der Waals surface area contributed by atoms with E-state index >= 15 is 0 Å². The van der Waals surface area contributed by atoms with Gasteiger partial charge in [0.1, 0.15) is 0 Å². The summed E-state index contributed by atoms with van der Waals surface area (Å²) in [6.07, 6.45) is 4.38. The van der Waals surface area contributed by atoms with E-state index in [2.05, 4.69) is 49.9 Å². The van der Waals surface area contributed by atoms with Crippen LogP contribution in [0.2, 0.25) is 0 Å². The molecule has 1 aliphatic heterocycles. The predicted octanol–water partition coefficient (Wildman–Crippen LogP) is 4.27. The second-order valence-corrected chi connectivity index (χ2v) is 6.98. The zero-order valence-electron chi connectivity index (χ0n) is 15.0. The Morgan fingerprint density at radius 2 is 1.96 bits per heavy atom. The Balaban J connectivity index is 2.19. The number of nitrogens with zero attached hydrogens (tertiary/aromatic N) is 1. The number of carbonyl (C=O) groups is 1. The summed E-state index contributed by atoms with van der Waals surface area (Å²) in [4.78, 5) is 15.1. The van der Waals surface area contributed by atoms with Gasteiger partial charge in [0, 0.05) is 19.1 Å². The van der Waals surface area contributed by atoms with Crippen molar-refractivity contribution in [1.82, 2.24) is 4.90 Å². The molecule has 1 aromatic rings. The van der Waals surface area contributed by atoms with Crippen molar-refractivity contribution in [1.29, 1.82) is 0 Å². The van der Waals surface area contributed by atoms with Crippen LogP contribution in [0.5, 0.6) is 0 Å². The van der Waals surface area contributed by atoms with Gasteiger partial charge in [0.25, 0.3) is 0 Å². The minimum absolute atomic E-state index is 0.0239. The van der Waals surface area contributed by atoms with Crippen molar-refractivity contribution in [2.75, 3.05) is 13.7 Å². The number of benzene rings is 1. The van der Waals surface area contributed by atoms with Gasteiger partial charge in [-0.1, -0.05) is 63.4 Å². The fourth-order valence-electron chi connectivity index (χ4n) is 4.22. The number of ether oxygens (including phenoxy) is 1. The molecule has 23 heavy (non-hydrogen) atoms. The van der Waals surface area contributed by atoms with Crippen LogP contribution in [-0.2, 0) is 16.1 Å². The largest absolute Gasteiger partial charge is 0.469 e. The zero-order chi connectivity index (χ0) is 16.9. The van der Waals surface area contributed by atoms with Gasteiger partial charge in [0.05, 0.1) is 12.5 Å². The minimum Gasteiger partial charge on any atom is -0.469 e. The van der Waals surface area contributed by atoms with E-state index in [-0.39, 0.29) is 17.4 Å². The van der Waals surface area contributed by atoms with E-state index in [1.165, 1.54) is 25.5 Å². The molecule has 3 atom stereocenters. The number of carbonyl (C=O) groups excluding carboxylic acids is 1. The smallest absolute Gasteiger partial charge is 0.313 e. The molecule has 0 unspecified atom stereocenters. The molecule has 128 valence electrons. The van der Waals surface area contributed by atoms with E-state index in [1.54, 1.807) is 0 Å². The van der Waals surface area contributed by atoms with Crippen LogP contribution < -0.4 is 0 Å². The van der Waals surface area contributed by atoms with Crippen LogP contribution >= 0.6 is 0 Å². The van der Waals surface area contributed by atoms with Crippen LogP contribution in [0.3, 0.4) is 0 Å². The lowest BCUT2D eigenvalue weighted by Gasteiger charge is -2.36. The summed E-state index contributed by atoms with van der Waals surface area (Å²) in [5, 5.41) is 0. The van der Waals surface area contributed by atoms with E-state index in [1.807, 2.05) is 6.07 Å². The van der Waals surface area contributed by atoms with Crippen molar-refractivity contribution in [2.24, 2.45) is 11.3 Å². The van der Waals surface area contributed by atoms with Gasteiger partial charge in [-0.2, -0.15) is 0 Å². The van der Waals surface area contributed by atoms with E-state index in [0.29, 0.717) is 5.92 Å². The highest BCUT2D eigenvalue weighted by Crippen LogP contribution is 2.47. The summed E-state index contributed by atoms with van der Waals surface area (Å²) in [6.45, 7) is 8.48. The van der Waals surface area contributed by atoms with Crippen LogP contribution in [0.15, 0.2) is 30.3 Å². The molecule has 0 radical (unpaired) electrons. The maximum atomic E-state index is 12.7. The fraction of sp³-hybridized carbons (Fsp3) is 0.650. The number of methoxy groups -OCH3 is 1. The molecule has 0 bridgehead atoms. The number of hydrogen-bond acceptors (Lipinski definition) is 3. The predicted molar refractivity (Wildman–Crippen MR) is 94.1 cm³/mol. The summed E-state index contributed by atoms with van der Waals surface area (Å²) < 4.78 is 5.24. The summed E-state index contributed by atoms with van der Waals surface area (Å²) in [7, 11) is 1.53. The lowest BCUT2D eigenvalue weighted by molar-refractivity contribution is -0.157. The second-order valence-electron chi connectivity index (χ2n) is 6.98. The molecule has 0 aliphatic carbocycles. The molecule has 1 aliphatic rings. The van der Waals surface area contributed by atoms with Crippen LogP contribution in [0.1, 0.15) is 52.0 Å². The van der Waals surface area contributed by atoms with E-state index in [9.17, 15) is 4.79 Å². The van der Waals surface area contributed by atoms with Crippen molar-refractivity contribution in [3.05, 3.63) is 35.9 Å². The quantitative estimate of drug-likeness (QED) is 0.556. The standard InChI is InChI=1S/C20H31NO2/c1-5-6-10-13-20(19(22)23-4)16(2)14-21(17(20)3)15-18-11-8-7-9-12-18/h7-9,11-12,16-17H,5-6,10,13-15H2,1-4H3/t16-,17+,20+/m1/s1. The molecule has 1 fully saturated rings. The number of esters is 1. The first-order valence-corrected chi connectivity index (χ1v) is 8.92. The van der Waals surface area contributed by atoms with Crippen molar-refractivity contribution in [3.8, 4) is 0 Å². The Morgan fingerprint density at radius 3 is 2.57 bits per heavy atom. The Bertz CT molecular complexity index is 502. The highest BCUT2D eigenvalue weighted by atomic mass is 16.5. The topological polar surface area (TPSA) is 29.5 Å². The average Bonchev–Trinajstić information content (AvgIpc) is 2.80. The number of hydrogen-bond donors (Lipinski definition) is 0. The Morgan fingerprint density at radius 1 is 1.26 bits per heavy atom. The highest BCUT2D eigenvalue weighted by molar-refractivity contribution is 5.78. The van der Waals surface area contributed by atoms with Crippen LogP contribution in [0.4, 0.5) is 0 Å². The molecule has 1 heterocycles. The van der Waals surface area contributed by atoms with Crippen molar-refractivity contribution < 1.29 is 9.53 Å². The third-order valence-corrected chi connectivity index (χ3v) is 5.67. The molecule has 0 aromatic heterocycles. The van der Waals surface area contributed by atoms with Gasteiger partial charge in [0.2, 0.25) is 0 Å². The first-order valence-electron chi connectivity index (χ1n) is 8.92. The number of unbranched alkanes of at least 4 members (excludes halogenated alkanes) is 2. The molecule has 1 aromatic carbocycles. The molecule has 1 saturated heterocycles. The van der Waals surface area contributed by atoms with Crippen LogP contribution in [0, 0.1) is 11.3 Å². The molecule has 2 rings (SSSR count). The minimum atomic E-state index is -0.362. The first-order chi connectivity index (χ1) is 11.1. The molecular formula is C20H31NO2. The van der Waals surface area contributed by atoms with E-state index in [0.717, 1.165) is 25.9 Å². The summed E-state index contributed by atoms with van der Waals surface area (Å²) in [5.74, 6) is 0.301. The summed E-state index contributed by atoms with van der Waals surface area (Å²) in [6, 6.07) is 10.7. The van der Waals surface area contributed by atoms with Crippen LogP contribution in [0.25, 0.3) is 0 Å². The monoisotopic (exact) mass is 317 g/mol. The molecule has 0 N–H and O–H groups in total. The highest BCUT2D eigenvalue weighted by Gasteiger charge is 2.55. The molecular weight excluding hydrogens is 286 g/mol. The second kappa shape index (κ2) is 7.96. The van der Waals surface area contributed by atoms with E-state index in [4.69, 9.17) is 4.74 Å². The number of likely N-dealkylation sites (tertiary alicyclic amines) is 1. The lowest BCUT2D eigenvalue weighted by atomic mass is 9.70. The van der Waals surface area contributed by atoms with Crippen molar-refractivity contribution >= 4 is 5.97 Å². The van der Waals surface area contributed by atoms with Crippen LogP contribution in [-0.4, -0.2) is 30.6 Å². The fourth-order valence-corrected chi connectivity index (χ4v) is 4.22. The van der Waals surface area contributed by atoms with Gasteiger partial charge >= 0.3 is 5.97 Å². The third-order valence-electron chi connectivity index (χ3n) is 5.67. The molecule has 3 nitrogen and oxygen atoms in total. The Labute approximate surface area is 141 Å². The Hall–Kier alpha value is -1.35. The molecule has 0 amide bonds. The summed E-state index contributed by atoms with van der Waals surface area (Å²) >= 11 is 0. The van der Waals surface area contributed by atoms with Gasteiger partial charge in [-0.25, -0.2) is 0 Å². The first kappa shape index (κ1) is 18.0. The Kier molecular flexibility index (Phi) is 6.23. The average molecular weight is 317 g/mol. The zero-order valence-corrected chi connectivity index (χ0v) is 15.0. The van der Waals surface area contributed by atoms with Gasteiger partial charge in [-0.15, -0.1) is 0 Å². The molecule has 0 spiro atoms. The maximum absolute atomic E-state index is 12.7. The van der Waals surface area contributed by atoms with Crippen molar-refractivity contribution in [2.45, 2.75) is 59.0 Å². The van der Waals surface area contributed by atoms with E-state index < -0.39 is 0 Å². The summed E-state index contributed by atoms with van der Waals surface area (Å²) in [5.41, 5.74) is 0.944. The van der Waals surface area contributed by atoms with Gasteiger partial charge in [0.15, 0.2) is 0 Å². The van der Waals surface area contributed by atoms with Gasteiger partial charge in [-0.05, 0) is 24.8 Å². The lowest BCUT2D eigenvalue weighted by Crippen LogP contribution is -2.45. The molecule has 3 heteroatoms. The third kappa shape index (κ3) is 3.60. The van der Waals surface area contributed by atoms with Crippen molar-refractivity contribution in [3.63, 3.8) is 0 Å². The van der Waals surface area contributed by atoms with Gasteiger partial charge < -0.3 is 4.74 Å². The normalized spacial score (nSPS) is 28.0. The van der Waals surface area contributed by atoms with Gasteiger partial charge in [-0.3, -0.25) is 9.69 Å². The maximum Gasteiger partial charge on any atom is 0.313 e. The SMILES string of the molecule is CCCCC[C@]1(C(=O)OC)[C@H](C)CN(Cc2ccccc2)[C@H]1C. The number of rotatable bonds is 7. The molecule has 0 saturated carbocycles.